The van der Waals surface area contributed by atoms with Gasteiger partial charge in [0.2, 0.25) is 0 Å². The fraction of sp³-hybridized carbons (Fsp3) is 0.133. The third-order valence-electron chi connectivity index (χ3n) is 2.97. The largest absolute Gasteiger partial charge is 0.508 e. The van der Waals surface area contributed by atoms with Gasteiger partial charge in [-0.1, -0.05) is 6.07 Å². The number of ether oxygens (including phenoxy) is 1. The van der Waals surface area contributed by atoms with Gasteiger partial charge < -0.3 is 26.0 Å². The van der Waals surface area contributed by atoms with Crippen molar-refractivity contribution < 1.29 is 19.7 Å². The Balaban J connectivity index is 2.07. The first kappa shape index (κ1) is 14.5. The van der Waals surface area contributed by atoms with Gasteiger partial charge in [0.1, 0.15) is 17.2 Å². The second kappa shape index (κ2) is 6.04. The lowest BCUT2D eigenvalue weighted by atomic mass is 10.1. The molecule has 21 heavy (non-hydrogen) atoms. The molecule has 2 aromatic rings. The quantitative estimate of drug-likeness (QED) is 0.505. The summed E-state index contributed by atoms with van der Waals surface area (Å²) in [6.07, 6.45) is 0. The minimum atomic E-state index is -0.488. The molecule has 0 heterocycles. The number of phenolic OH excluding ortho intramolecular Hbond substituents is 2. The molecule has 0 fully saturated rings. The smallest absolute Gasteiger partial charge is 0.255 e. The molecule has 0 aliphatic rings. The maximum atomic E-state index is 12.0. The zero-order valence-corrected chi connectivity index (χ0v) is 11.5. The number of carbonyl (C=O) groups excluding carboxylic acids is 1. The number of nitrogens with two attached hydrogens (primary N) is 1. The fourth-order valence-corrected chi connectivity index (χ4v) is 1.88. The van der Waals surface area contributed by atoms with E-state index in [1.165, 1.54) is 25.3 Å². The third-order valence-corrected chi connectivity index (χ3v) is 2.97. The molecule has 6 nitrogen and oxygen atoms in total. The number of phenols is 2. The second-order valence-corrected chi connectivity index (χ2v) is 4.46. The summed E-state index contributed by atoms with van der Waals surface area (Å²) in [5.41, 5.74) is 7.06. The first-order chi connectivity index (χ1) is 10.0. The van der Waals surface area contributed by atoms with Crippen molar-refractivity contribution >= 4 is 11.6 Å². The van der Waals surface area contributed by atoms with Crippen LogP contribution in [0, 0.1) is 0 Å². The van der Waals surface area contributed by atoms with Crippen LogP contribution in [0.3, 0.4) is 0 Å². The van der Waals surface area contributed by atoms with E-state index in [-0.39, 0.29) is 23.6 Å². The lowest BCUT2D eigenvalue weighted by molar-refractivity contribution is 0.0948. The molecular formula is C15H16N2O4. The van der Waals surface area contributed by atoms with Gasteiger partial charge in [0, 0.05) is 6.54 Å². The first-order valence-corrected chi connectivity index (χ1v) is 6.24. The maximum absolute atomic E-state index is 12.0. The van der Waals surface area contributed by atoms with Crippen molar-refractivity contribution in [2.75, 3.05) is 12.8 Å². The molecule has 0 saturated heterocycles. The first-order valence-electron chi connectivity index (χ1n) is 6.24. The van der Waals surface area contributed by atoms with E-state index in [1.807, 2.05) is 0 Å². The number of benzene rings is 2. The molecule has 0 spiro atoms. The van der Waals surface area contributed by atoms with Crippen molar-refractivity contribution in [3.63, 3.8) is 0 Å². The summed E-state index contributed by atoms with van der Waals surface area (Å²) in [5.74, 6) is -0.209. The van der Waals surface area contributed by atoms with Gasteiger partial charge in [-0.2, -0.15) is 0 Å². The molecule has 0 unspecified atom stereocenters. The number of anilines is 1. The predicted molar refractivity (Wildman–Crippen MR) is 78.3 cm³/mol. The summed E-state index contributed by atoms with van der Waals surface area (Å²) < 4.78 is 5.05. The van der Waals surface area contributed by atoms with Crippen molar-refractivity contribution in [3.8, 4) is 17.2 Å². The van der Waals surface area contributed by atoms with Crippen LogP contribution in [-0.4, -0.2) is 23.2 Å². The minimum Gasteiger partial charge on any atom is -0.508 e. The number of hydrogen-bond acceptors (Lipinski definition) is 5. The highest BCUT2D eigenvalue weighted by Crippen LogP contribution is 2.23. The lowest BCUT2D eigenvalue weighted by Crippen LogP contribution is -2.22. The van der Waals surface area contributed by atoms with Gasteiger partial charge in [-0.05, 0) is 35.9 Å². The van der Waals surface area contributed by atoms with Gasteiger partial charge in [-0.25, -0.2) is 0 Å². The number of aromatic hydroxyl groups is 2. The zero-order valence-electron chi connectivity index (χ0n) is 11.5. The van der Waals surface area contributed by atoms with Gasteiger partial charge in [-0.15, -0.1) is 0 Å². The van der Waals surface area contributed by atoms with Crippen LogP contribution in [0.4, 0.5) is 5.69 Å². The van der Waals surface area contributed by atoms with E-state index in [0.717, 1.165) is 5.56 Å². The normalized spacial score (nSPS) is 10.1. The summed E-state index contributed by atoms with van der Waals surface area (Å²) >= 11 is 0. The van der Waals surface area contributed by atoms with Crippen molar-refractivity contribution in [1.29, 1.82) is 0 Å². The Bertz CT molecular complexity index is 671. The van der Waals surface area contributed by atoms with E-state index < -0.39 is 5.91 Å². The number of carbonyl (C=O) groups is 1. The number of methoxy groups -OCH3 is 1. The van der Waals surface area contributed by atoms with E-state index in [4.69, 9.17) is 10.5 Å². The van der Waals surface area contributed by atoms with Crippen molar-refractivity contribution in [2.24, 2.45) is 0 Å². The van der Waals surface area contributed by atoms with Gasteiger partial charge in [0.15, 0.2) is 0 Å². The molecule has 0 aliphatic heterocycles. The van der Waals surface area contributed by atoms with Crippen LogP contribution >= 0.6 is 0 Å². The highest BCUT2D eigenvalue weighted by Gasteiger charge is 2.12. The Kier molecular flexibility index (Phi) is 4.18. The second-order valence-electron chi connectivity index (χ2n) is 4.46. The van der Waals surface area contributed by atoms with E-state index in [2.05, 4.69) is 5.32 Å². The van der Waals surface area contributed by atoms with Crippen LogP contribution in [0.2, 0.25) is 0 Å². The number of nitrogen functional groups attached to an aromatic ring is 1. The molecule has 0 saturated carbocycles. The molecule has 0 radical (unpaired) electrons. The van der Waals surface area contributed by atoms with Crippen LogP contribution in [-0.2, 0) is 6.54 Å². The van der Waals surface area contributed by atoms with Crippen molar-refractivity contribution in [1.82, 2.24) is 5.32 Å². The van der Waals surface area contributed by atoms with Crippen LogP contribution in [0.1, 0.15) is 15.9 Å². The molecule has 2 rings (SSSR count). The summed E-state index contributed by atoms with van der Waals surface area (Å²) in [6.45, 7) is 0.238. The third kappa shape index (κ3) is 3.36. The van der Waals surface area contributed by atoms with Crippen molar-refractivity contribution in [3.05, 3.63) is 47.5 Å². The standard InChI is InChI=1S/C15H16N2O4/c1-21-14-5-2-9(6-12(14)16)8-17-15(20)11-7-10(18)3-4-13(11)19/h2-7,18-19H,8,16H2,1H3,(H,17,20). The Hall–Kier alpha value is -2.89. The van der Waals surface area contributed by atoms with E-state index >= 15 is 0 Å². The number of nitrogens with one attached hydrogen (secondary N) is 1. The molecule has 0 aliphatic carbocycles. The summed E-state index contributed by atoms with van der Waals surface area (Å²) in [4.78, 5) is 12.0. The molecule has 5 N–H and O–H groups in total. The van der Waals surface area contributed by atoms with Crippen LogP contribution in [0.25, 0.3) is 0 Å². The zero-order chi connectivity index (χ0) is 15.4. The lowest BCUT2D eigenvalue weighted by Gasteiger charge is -2.09. The average molecular weight is 288 g/mol. The predicted octanol–water partition coefficient (Wildman–Crippen LogP) is 1.62. The van der Waals surface area contributed by atoms with Gasteiger partial charge in [0.05, 0.1) is 18.4 Å². The average Bonchev–Trinajstić information content (AvgIpc) is 2.47. The van der Waals surface area contributed by atoms with Crippen LogP contribution in [0.5, 0.6) is 17.2 Å². The SMILES string of the molecule is COc1ccc(CNC(=O)c2cc(O)ccc2O)cc1N. The number of hydrogen-bond donors (Lipinski definition) is 4. The molecule has 110 valence electrons. The van der Waals surface area contributed by atoms with Crippen molar-refractivity contribution in [2.45, 2.75) is 6.54 Å². The highest BCUT2D eigenvalue weighted by molar-refractivity contribution is 5.97. The van der Waals surface area contributed by atoms with Gasteiger partial charge in [0.25, 0.3) is 5.91 Å². The van der Waals surface area contributed by atoms with E-state index in [9.17, 15) is 15.0 Å². The molecule has 2 aromatic carbocycles. The molecular weight excluding hydrogens is 272 g/mol. The minimum absolute atomic E-state index is 0.0106. The highest BCUT2D eigenvalue weighted by atomic mass is 16.5. The Labute approximate surface area is 121 Å². The molecule has 0 aromatic heterocycles. The van der Waals surface area contributed by atoms with Crippen LogP contribution in [0.15, 0.2) is 36.4 Å². The molecule has 0 bridgehead atoms. The molecule has 6 heteroatoms. The molecule has 0 atom stereocenters. The van der Waals surface area contributed by atoms with E-state index in [1.54, 1.807) is 18.2 Å². The Morgan fingerprint density at radius 3 is 2.67 bits per heavy atom. The summed E-state index contributed by atoms with van der Waals surface area (Å²) in [5, 5.41) is 21.6. The molecule has 1 amide bonds. The fourth-order valence-electron chi connectivity index (χ4n) is 1.88. The summed E-state index contributed by atoms with van der Waals surface area (Å²) in [7, 11) is 1.53. The van der Waals surface area contributed by atoms with Crippen LogP contribution < -0.4 is 15.8 Å². The topological polar surface area (TPSA) is 105 Å². The number of amides is 1. The Morgan fingerprint density at radius 1 is 1.24 bits per heavy atom. The monoisotopic (exact) mass is 288 g/mol. The summed E-state index contributed by atoms with van der Waals surface area (Å²) in [6, 6.07) is 8.95. The number of rotatable bonds is 4. The Morgan fingerprint density at radius 2 is 2.00 bits per heavy atom. The maximum Gasteiger partial charge on any atom is 0.255 e. The van der Waals surface area contributed by atoms with Gasteiger partial charge >= 0.3 is 0 Å². The van der Waals surface area contributed by atoms with E-state index in [0.29, 0.717) is 11.4 Å². The van der Waals surface area contributed by atoms with Gasteiger partial charge in [-0.3, -0.25) is 4.79 Å².